The maximum atomic E-state index is 15.0. The Hall–Kier alpha value is -4.30. The van der Waals surface area contributed by atoms with E-state index in [1.165, 1.54) is 22.4 Å². The molecule has 226 valence electrons. The Kier molecular flexibility index (Phi) is 9.06. The first-order valence-electron chi connectivity index (χ1n) is 14.7. The number of halogens is 1. The topological polar surface area (TPSA) is 125 Å². The van der Waals surface area contributed by atoms with E-state index in [-0.39, 0.29) is 24.3 Å². The van der Waals surface area contributed by atoms with E-state index in [0.29, 0.717) is 29.8 Å². The summed E-state index contributed by atoms with van der Waals surface area (Å²) in [7, 11) is 0. The Labute approximate surface area is 251 Å². The van der Waals surface area contributed by atoms with Crippen molar-refractivity contribution in [1.82, 2.24) is 25.2 Å². The van der Waals surface area contributed by atoms with E-state index < -0.39 is 24.0 Å². The number of carbonyl (C=O) groups excluding carboxylic acids is 1. The monoisotopic (exact) mass is 587 g/mol. The average molecular weight is 588 g/mol. The number of alkyl halides is 1. The highest BCUT2D eigenvalue weighted by Crippen LogP contribution is 2.31. The molecule has 1 aromatic heterocycles. The highest BCUT2D eigenvalue weighted by Gasteiger charge is 2.35. The van der Waals surface area contributed by atoms with E-state index in [1.807, 2.05) is 6.07 Å². The average Bonchev–Trinajstić information content (AvgIpc) is 2.98. The molecule has 1 amide bonds. The fourth-order valence-electron chi connectivity index (χ4n) is 5.50. The van der Waals surface area contributed by atoms with E-state index >= 15 is 4.39 Å². The zero-order chi connectivity index (χ0) is 30.6. The van der Waals surface area contributed by atoms with E-state index in [9.17, 15) is 10.1 Å². The van der Waals surface area contributed by atoms with Crippen LogP contribution < -0.4 is 15.4 Å². The number of piperidine rings is 2. The van der Waals surface area contributed by atoms with Gasteiger partial charge in [0, 0.05) is 24.2 Å². The zero-order valence-electron chi connectivity index (χ0n) is 25.1. The summed E-state index contributed by atoms with van der Waals surface area (Å²) in [5.74, 6) is 1.61. The molecule has 3 aromatic rings. The van der Waals surface area contributed by atoms with Crippen LogP contribution in [0.2, 0.25) is 0 Å². The number of nitriles is 1. The summed E-state index contributed by atoms with van der Waals surface area (Å²) < 4.78 is 26.3. The molecule has 2 aliphatic heterocycles. The van der Waals surface area contributed by atoms with Gasteiger partial charge in [0.25, 0.3) is 0 Å². The lowest BCUT2D eigenvalue weighted by Crippen LogP contribution is -2.50. The third kappa shape index (κ3) is 7.56. The standard InChI is InChI=1S/C32H38FN7O3/c1-20-15-24(6-7-25(20)21-9-12-35-13-10-21)38-30-37-19-36-29(39-30)22-5-8-27(23(16-22)17-34)42-28-11-14-40(18-26(28)33)31(41)43-32(2,3)4/h5-8,15-16,19,21,26,28,35H,9-14,18H2,1-4H3,(H,36,37,38,39)/t26-,28-/m0/s1. The molecular weight excluding hydrogens is 549 g/mol. The van der Waals surface area contributed by atoms with Gasteiger partial charge in [-0.25, -0.2) is 19.2 Å². The van der Waals surface area contributed by atoms with Crippen LogP contribution in [0.3, 0.4) is 0 Å². The number of nitrogens with zero attached hydrogens (tertiary/aromatic N) is 5. The Bertz CT molecular complexity index is 1500. The number of anilines is 2. The molecule has 11 heteroatoms. The summed E-state index contributed by atoms with van der Waals surface area (Å²) in [5, 5.41) is 16.5. The van der Waals surface area contributed by atoms with Crippen LogP contribution in [0.15, 0.2) is 42.7 Å². The highest BCUT2D eigenvalue weighted by atomic mass is 19.1. The number of amides is 1. The van der Waals surface area contributed by atoms with Gasteiger partial charge < -0.3 is 25.0 Å². The first-order chi connectivity index (χ1) is 20.6. The van der Waals surface area contributed by atoms with Crippen LogP contribution in [0.25, 0.3) is 11.4 Å². The van der Waals surface area contributed by atoms with Crippen LogP contribution in [0.1, 0.15) is 62.6 Å². The van der Waals surface area contributed by atoms with Crippen molar-refractivity contribution in [2.45, 2.75) is 70.8 Å². The predicted octanol–water partition coefficient (Wildman–Crippen LogP) is 5.66. The molecule has 2 aliphatic rings. The van der Waals surface area contributed by atoms with E-state index in [1.54, 1.807) is 39.0 Å². The van der Waals surface area contributed by atoms with Crippen LogP contribution in [-0.2, 0) is 4.74 Å². The minimum Gasteiger partial charge on any atom is -0.486 e. The molecule has 2 fully saturated rings. The molecule has 3 heterocycles. The quantitative estimate of drug-likeness (QED) is 0.376. The fourth-order valence-corrected chi connectivity index (χ4v) is 5.50. The molecule has 0 radical (unpaired) electrons. The summed E-state index contributed by atoms with van der Waals surface area (Å²) in [4.78, 5) is 26.8. The molecule has 2 aromatic carbocycles. The number of hydrogen-bond acceptors (Lipinski definition) is 9. The van der Waals surface area contributed by atoms with Gasteiger partial charge >= 0.3 is 6.09 Å². The first kappa shape index (κ1) is 30.2. The van der Waals surface area contributed by atoms with Gasteiger partial charge in [0.15, 0.2) is 12.0 Å². The Morgan fingerprint density at radius 2 is 1.93 bits per heavy atom. The maximum absolute atomic E-state index is 15.0. The van der Waals surface area contributed by atoms with Crippen molar-refractivity contribution in [3.05, 3.63) is 59.4 Å². The fraction of sp³-hybridized carbons (Fsp3) is 0.469. The third-order valence-electron chi connectivity index (χ3n) is 7.65. The number of aromatic nitrogens is 3. The van der Waals surface area contributed by atoms with Gasteiger partial charge in [0.1, 0.15) is 29.9 Å². The van der Waals surface area contributed by atoms with Crippen molar-refractivity contribution in [1.29, 1.82) is 5.26 Å². The first-order valence-corrected chi connectivity index (χ1v) is 14.7. The van der Waals surface area contributed by atoms with Crippen LogP contribution in [0, 0.1) is 18.3 Å². The van der Waals surface area contributed by atoms with E-state index in [2.05, 4.69) is 50.7 Å². The molecule has 0 spiro atoms. The Balaban J connectivity index is 1.25. The second-order valence-corrected chi connectivity index (χ2v) is 12.1. The maximum Gasteiger partial charge on any atom is 0.410 e. The van der Waals surface area contributed by atoms with Gasteiger partial charge in [-0.1, -0.05) is 6.07 Å². The van der Waals surface area contributed by atoms with Gasteiger partial charge in [-0.15, -0.1) is 0 Å². The van der Waals surface area contributed by atoms with E-state index in [0.717, 1.165) is 31.6 Å². The van der Waals surface area contributed by atoms with Gasteiger partial charge in [0.05, 0.1) is 12.1 Å². The smallest absolute Gasteiger partial charge is 0.410 e. The van der Waals surface area contributed by atoms with Crippen molar-refractivity contribution in [3.8, 4) is 23.2 Å². The van der Waals surface area contributed by atoms with Crippen LogP contribution in [0.4, 0.5) is 20.8 Å². The molecule has 2 atom stereocenters. The molecule has 5 rings (SSSR count). The molecule has 10 nitrogen and oxygen atoms in total. The lowest BCUT2D eigenvalue weighted by atomic mass is 9.87. The van der Waals surface area contributed by atoms with Gasteiger partial charge in [-0.3, -0.25) is 0 Å². The van der Waals surface area contributed by atoms with Gasteiger partial charge in [-0.05, 0) is 101 Å². The van der Waals surface area contributed by atoms with Gasteiger partial charge in [-0.2, -0.15) is 10.2 Å². The van der Waals surface area contributed by atoms with Crippen molar-refractivity contribution in [2.24, 2.45) is 0 Å². The Morgan fingerprint density at radius 3 is 2.63 bits per heavy atom. The number of benzene rings is 2. The molecule has 2 N–H and O–H groups in total. The predicted molar refractivity (Wildman–Crippen MR) is 161 cm³/mol. The lowest BCUT2D eigenvalue weighted by molar-refractivity contribution is -0.0106. The number of aryl methyl sites for hydroxylation is 1. The molecule has 0 aliphatic carbocycles. The van der Waals surface area contributed by atoms with Crippen molar-refractivity contribution < 1.29 is 18.7 Å². The molecule has 0 saturated carbocycles. The minimum atomic E-state index is -1.43. The second-order valence-electron chi connectivity index (χ2n) is 12.1. The molecule has 0 unspecified atom stereocenters. The number of ether oxygens (including phenoxy) is 2. The van der Waals surface area contributed by atoms with Crippen LogP contribution in [0.5, 0.6) is 5.75 Å². The van der Waals surface area contributed by atoms with E-state index in [4.69, 9.17) is 9.47 Å². The van der Waals surface area contributed by atoms with Gasteiger partial charge in [0.2, 0.25) is 5.95 Å². The minimum absolute atomic E-state index is 0.138. The summed E-state index contributed by atoms with van der Waals surface area (Å²) >= 11 is 0. The summed E-state index contributed by atoms with van der Waals surface area (Å²) in [6.45, 7) is 9.68. The van der Waals surface area contributed by atoms with Crippen molar-refractivity contribution in [2.75, 3.05) is 31.5 Å². The van der Waals surface area contributed by atoms with Crippen molar-refractivity contribution in [3.63, 3.8) is 0 Å². The SMILES string of the molecule is Cc1cc(Nc2ncnc(-c3ccc(O[C@H]4CCN(C(=O)OC(C)(C)C)C[C@@H]4F)c(C#N)c3)n2)ccc1C1CCNCC1. The van der Waals surface area contributed by atoms with Crippen molar-refractivity contribution >= 4 is 17.7 Å². The molecule has 0 bridgehead atoms. The molecular formula is C32H38FN7O3. The summed E-state index contributed by atoms with van der Waals surface area (Å²) in [5.41, 5.74) is 3.66. The number of nitrogens with one attached hydrogen (secondary N) is 2. The van der Waals surface area contributed by atoms with Crippen LogP contribution in [-0.4, -0.2) is 70.0 Å². The third-order valence-corrected chi connectivity index (χ3v) is 7.65. The largest absolute Gasteiger partial charge is 0.486 e. The second kappa shape index (κ2) is 12.9. The number of rotatable bonds is 6. The molecule has 43 heavy (non-hydrogen) atoms. The van der Waals surface area contributed by atoms with Crippen LogP contribution >= 0.6 is 0 Å². The zero-order valence-corrected chi connectivity index (χ0v) is 25.1. The molecule has 2 saturated heterocycles. The summed E-state index contributed by atoms with van der Waals surface area (Å²) in [6, 6.07) is 13.4. The number of carbonyl (C=O) groups is 1. The number of hydrogen-bond donors (Lipinski definition) is 2. The lowest BCUT2D eigenvalue weighted by Gasteiger charge is -2.35. The summed E-state index contributed by atoms with van der Waals surface area (Å²) in [6.07, 6.45) is 1.20. The Morgan fingerprint density at radius 1 is 1.14 bits per heavy atom. The number of likely N-dealkylation sites (tertiary alicyclic amines) is 1. The normalized spacial score (nSPS) is 19.4. The highest BCUT2D eigenvalue weighted by molar-refractivity contribution is 5.68.